The van der Waals surface area contributed by atoms with E-state index in [4.69, 9.17) is 10.00 Å². The van der Waals surface area contributed by atoms with Gasteiger partial charge in [0.2, 0.25) is 0 Å². The first-order valence-electron chi connectivity index (χ1n) is 9.92. The molecule has 1 saturated carbocycles. The van der Waals surface area contributed by atoms with Crippen LogP contribution in [0.3, 0.4) is 0 Å². The summed E-state index contributed by atoms with van der Waals surface area (Å²) in [4.78, 5) is 16.3. The molecule has 0 radical (unpaired) electrons. The van der Waals surface area contributed by atoms with Crippen LogP contribution in [0.2, 0.25) is 0 Å². The van der Waals surface area contributed by atoms with Gasteiger partial charge < -0.3 is 14.5 Å². The normalized spacial score (nSPS) is 24.2. The van der Waals surface area contributed by atoms with Gasteiger partial charge in [0.1, 0.15) is 11.9 Å². The number of benzene rings is 1. The van der Waals surface area contributed by atoms with Gasteiger partial charge in [-0.1, -0.05) is 11.9 Å². The number of carbonyl (C=O) groups is 1. The summed E-state index contributed by atoms with van der Waals surface area (Å²) in [5, 5.41) is 8.88. The van der Waals surface area contributed by atoms with E-state index in [1.54, 1.807) is 18.0 Å². The van der Waals surface area contributed by atoms with Crippen LogP contribution in [0.5, 0.6) is 5.75 Å². The Hall–Kier alpha value is -2.12. The molecule has 1 aromatic carbocycles. The summed E-state index contributed by atoms with van der Waals surface area (Å²) in [5.41, 5.74) is -1.25. The SMILES string of the molecule is N#Cc1ccc(OC2CC3(C2)CN(C(=O)N2CC4(CCSN4)C2)C3)cc1C(F)(F)F. The number of urea groups is 1. The van der Waals surface area contributed by atoms with Crippen molar-refractivity contribution in [3.8, 4) is 11.8 Å². The minimum atomic E-state index is -4.59. The van der Waals surface area contributed by atoms with Crippen molar-refractivity contribution in [3.05, 3.63) is 29.3 Å². The van der Waals surface area contributed by atoms with E-state index >= 15 is 0 Å². The van der Waals surface area contributed by atoms with Gasteiger partial charge in [-0.3, -0.25) is 4.72 Å². The summed E-state index contributed by atoms with van der Waals surface area (Å²) >= 11 is 1.72. The van der Waals surface area contributed by atoms with Crippen LogP contribution in [0.15, 0.2) is 18.2 Å². The second-order valence-corrected chi connectivity index (χ2v) is 9.84. The molecule has 4 aliphatic rings. The zero-order valence-corrected chi connectivity index (χ0v) is 17.0. The van der Waals surface area contributed by atoms with Gasteiger partial charge in [-0.2, -0.15) is 18.4 Å². The first-order chi connectivity index (χ1) is 14.2. The van der Waals surface area contributed by atoms with Crippen molar-refractivity contribution in [1.29, 1.82) is 5.26 Å². The van der Waals surface area contributed by atoms with E-state index in [0.717, 1.165) is 50.2 Å². The molecule has 160 valence electrons. The van der Waals surface area contributed by atoms with Gasteiger partial charge in [-0.05, 0) is 37.5 Å². The smallest absolute Gasteiger partial charge is 0.417 e. The Labute approximate surface area is 176 Å². The highest BCUT2D eigenvalue weighted by atomic mass is 32.2. The molecule has 0 bridgehead atoms. The molecule has 1 aliphatic carbocycles. The fourth-order valence-corrected chi connectivity index (χ4v) is 6.14. The maximum atomic E-state index is 13.1. The summed E-state index contributed by atoms with van der Waals surface area (Å²) in [6.45, 7) is 2.87. The van der Waals surface area contributed by atoms with Crippen LogP contribution < -0.4 is 9.46 Å². The van der Waals surface area contributed by atoms with E-state index in [1.807, 2.05) is 9.80 Å². The molecule has 2 spiro atoms. The molecule has 3 aliphatic heterocycles. The van der Waals surface area contributed by atoms with Crippen molar-refractivity contribution in [3.63, 3.8) is 0 Å². The molecular formula is C20H21F3N4O2S. The minimum Gasteiger partial charge on any atom is -0.490 e. The summed E-state index contributed by atoms with van der Waals surface area (Å²) in [5.74, 6) is 1.21. The third-order valence-corrected chi connectivity index (χ3v) is 7.58. The largest absolute Gasteiger partial charge is 0.490 e. The maximum absolute atomic E-state index is 13.1. The van der Waals surface area contributed by atoms with Gasteiger partial charge in [0.15, 0.2) is 0 Å². The van der Waals surface area contributed by atoms with Gasteiger partial charge in [0.25, 0.3) is 0 Å². The molecule has 0 aromatic heterocycles. The quantitative estimate of drug-likeness (QED) is 0.718. The van der Waals surface area contributed by atoms with Gasteiger partial charge in [0, 0.05) is 37.3 Å². The predicted molar refractivity (Wildman–Crippen MR) is 104 cm³/mol. The van der Waals surface area contributed by atoms with Gasteiger partial charge >= 0.3 is 12.2 Å². The second-order valence-electron chi connectivity index (χ2n) is 8.94. The van der Waals surface area contributed by atoms with E-state index in [1.165, 1.54) is 6.07 Å². The number of alkyl halides is 3. The third-order valence-electron chi connectivity index (χ3n) is 6.59. The maximum Gasteiger partial charge on any atom is 0.417 e. The molecule has 30 heavy (non-hydrogen) atoms. The lowest BCUT2D eigenvalue weighted by atomic mass is 9.62. The molecule has 4 fully saturated rings. The standard InChI is InChI=1S/C20H21F3N4O2S/c21-20(22,23)16-5-14(2-1-13(16)8-24)29-15-6-18(7-15)9-26(10-18)17(28)27-11-19(12-27)3-4-30-25-19/h1-2,5,15,25H,3-4,6-7,9-12H2. The van der Waals surface area contributed by atoms with Gasteiger partial charge in [0.05, 0.1) is 22.7 Å². The van der Waals surface area contributed by atoms with E-state index in [0.29, 0.717) is 13.1 Å². The molecule has 3 saturated heterocycles. The molecule has 10 heteroatoms. The molecule has 2 amide bonds. The first-order valence-corrected chi connectivity index (χ1v) is 10.9. The fraction of sp³-hybridized carbons (Fsp3) is 0.600. The molecular weight excluding hydrogens is 417 g/mol. The number of carbonyl (C=O) groups excluding carboxylic acids is 1. The van der Waals surface area contributed by atoms with Crippen molar-refractivity contribution in [1.82, 2.24) is 14.5 Å². The van der Waals surface area contributed by atoms with E-state index in [2.05, 4.69) is 4.72 Å². The van der Waals surface area contributed by atoms with Crippen molar-refractivity contribution in [2.24, 2.45) is 5.41 Å². The Morgan fingerprint density at radius 3 is 2.53 bits per heavy atom. The number of hydrogen-bond donors (Lipinski definition) is 1. The van der Waals surface area contributed by atoms with Crippen molar-refractivity contribution < 1.29 is 22.7 Å². The zero-order valence-electron chi connectivity index (χ0n) is 16.2. The van der Waals surface area contributed by atoms with Crippen LogP contribution in [-0.4, -0.2) is 59.4 Å². The Bertz CT molecular complexity index is 904. The summed E-state index contributed by atoms with van der Waals surface area (Å²) in [7, 11) is 0. The number of nitrogens with zero attached hydrogens (tertiary/aromatic N) is 3. The molecule has 5 rings (SSSR count). The lowest BCUT2D eigenvalue weighted by Crippen LogP contribution is -2.73. The highest BCUT2D eigenvalue weighted by Crippen LogP contribution is 2.50. The van der Waals surface area contributed by atoms with Crippen LogP contribution >= 0.6 is 11.9 Å². The summed E-state index contributed by atoms with van der Waals surface area (Å²) in [6, 6.07) is 5.10. The van der Waals surface area contributed by atoms with Crippen LogP contribution in [0.25, 0.3) is 0 Å². The van der Waals surface area contributed by atoms with E-state index in [-0.39, 0.29) is 28.8 Å². The molecule has 0 unspecified atom stereocenters. The van der Waals surface area contributed by atoms with E-state index in [9.17, 15) is 18.0 Å². The number of halogens is 3. The number of amides is 2. The number of rotatable bonds is 2. The molecule has 1 N–H and O–H groups in total. The molecule has 1 aromatic rings. The molecule has 6 nitrogen and oxygen atoms in total. The number of hydrogen-bond acceptors (Lipinski definition) is 5. The average Bonchev–Trinajstić information content (AvgIpc) is 3.10. The zero-order chi connectivity index (χ0) is 21.1. The van der Waals surface area contributed by atoms with Crippen molar-refractivity contribution >= 4 is 18.0 Å². The van der Waals surface area contributed by atoms with Crippen molar-refractivity contribution in [2.45, 2.75) is 37.1 Å². The van der Waals surface area contributed by atoms with Crippen LogP contribution in [-0.2, 0) is 6.18 Å². The minimum absolute atomic E-state index is 0.0315. The lowest BCUT2D eigenvalue weighted by Gasteiger charge is -2.60. The summed E-state index contributed by atoms with van der Waals surface area (Å²) in [6.07, 6.45) is -2.22. The lowest BCUT2D eigenvalue weighted by molar-refractivity contribution is -0.138. The number of likely N-dealkylation sites (tertiary alicyclic amines) is 2. The highest BCUT2D eigenvalue weighted by molar-refractivity contribution is 7.97. The van der Waals surface area contributed by atoms with Gasteiger partial charge in [-0.15, -0.1) is 0 Å². The average molecular weight is 438 g/mol. The van der Waals surface area contributed by atoms with Crippen molar-refractivity contribution in [2.75, 3.05) is 31.9 Å². The first kappa shape index (κ1) is 19.8. The fourth-order valence-electron chi connectivity index (χ4n) is 5.01. The van der Waals surface area contributed by atoms with E-state index < -0.39 is 17.3 Å². The Morgan fingerprint density at radius 1 is 1.23 bits per heavy atom. The van der Waals surface area contributed by atoms with Gasteiger partial charge in [-0.25, -0.2) is 4.79 Å². The molecule has 0 atom stereocenters. The number of nitrogens with one attached hydrogen (secondary N) is 1. The Balaban J connectivity index is 1.11. The highest BCUT2D eigenvalue weighted by Gasteiger charge is 2.57. The second kappa shape index (κ2) is 6.69. The van der Waals surface area contributed by atoms with Crippen LogP contribution in [0.4, 0.5) is 18.0 Å². The van der Waals surface area contributed by atoms with Crippen LogP contribution in [0, 0.1) is 16.7 Å². The summed E-state index contributed by atoms with van der Waals surface area (Å²) < 4.78 is 48.4. The predicted octanol–water partition coefficient (Wildman–Crippen LogP) is 3.24. The van der Waals surface area contributed by atoms with Crippen LogP contribution in [0.1, 0.15) is 30.4 Å². The molecule has 3 heterocycles. The Morgan fingerprint density at radius 2 is 1.93 bits per heavy atom. The Kier molecular flexibility index (Phi) is 4.42. The number of ether oxygens (including phenoxy) is 1. The monoisotopic (exact) mass is 438 g/mol. The topological polar surface area (TPSA) is 68.6 Å². The number of nitriles is 1. The third kappa shape index (κ3) is 3.28.